The summed E-state index contributed by atoms with van der Waals surface area (Å²) in [6.45, 7) is 1.72. The number of hydrogen-bond acceptors (Lipinski definition) is 4. The highest BCUT2D eigenvalue weighted by Gasteiger charge is 2.13. The van der Waals surface area contributed by atoms with Gasteiger partial charge in [-0.3, -0.25) is 4.79 Å². The molecule has 2 aromatic carbocycles. The van der Waals surface area contributed by atoms with Crippen LogP contribution in [0, 0.1) is 6.92 Å². The van der Waals surface area contributed by atoms with Crippen LogP contribution in [0.4, 0.5) is 0 Å². The molecule has 0 bridgehead atoms. The summed E-state index contributed by atoms with van der Waals surface area (Å²) in [5.41, 5.74) is 2.10. The van der Waals surface area contributed by atoms with E-state index in [2.05, 4.69) is 31.0 Å². The number of aromatic amines is 1. The molecule has 25 heavy (non-hydrogen) atoms. The molecule has 124 valence electrons. The van der Waals surface area contributed by atoms with E-state index in [1.807, 2.05) is 24.3 Å². The number of nitrogens with zero attached hydrogens (tertiary/aromatic N) is 3. The van der Waals surface area contributed by atoms with Crippen molar-refractivity contribution >= 4 is 44.1 Å². The SMILES string of the molecule is Cc1nc2c([nH]c3ccccc32)c(=O)n1N=Cc1cccc(Br)c1O. The van der Waals surface area contributed by atoms with Crippen molar-refractivity contribution in [3.05, 3.63) is 68.7 Å². The molecule has 0 radical (unpaired) electrons. The number of halogens is 1. The van der Waals surface area contributed by atoms with Crippen LogP contribution in [0.25, 0.3) is 21.9 Å². The first-order valence-electron chi connectivity index (χ1n) is 7.58. The van der Waals surface area contributed by atoms with E-state index < -0.39 is 0 Å². The van der Waals surface area contributed by atoms with Gasteiger partial charge in [0, 0.05) is 16.5 Å². The summed E-state index contributed by atoms with van der Waals surface area (Å²) in [5, 5.41) is 15.1. The fourth-order valence-corrected chi connectivity index (χ4v) is 3.13. The average Bonchev–Trinajstić information content (AvgIpc) is 2.97. The molecule has 0 aliphatic heterocycles. The fourth-order valence-electron chi connectivity index (χ4n) is 2.75. The van der Waals surface area contributed by atoms with Crippen LogP contribution in [0.2, 0.25) is 0 Å². The number of aromatic hydroxyl groups is 1. The molecule has 2 aromatic heterocycles. The largest absolute Gasteiger partial charge is 0.506 e. The molecule has 2 heterocycles. The van der Waals surface area contributed by atoms with Gasteiger partial charge in [-0.15, -0.1) is 0 Å². The second-order valence-corrected chi connectivity index (χ2v) is 6.45. The molecule has 4 aromatic rings. The molecule has 0 amide bonds. The third-order valence-electron chi connectivity index (χ3n) is 4.00. The van der Waals surface area contributed by atoms with Gasteiger partial charge in [-0.1, -0.05) is 24.3 Å². The van der Waals surface area contributed by atoms with Crippen LogP contribution >= 0.6 is 15.9 Å². The van der Waals surface area contributed by atoms with Crippen molar-refractivity contribution in [3.63, 3.8) is 0 Å². The molecule has 0 unspecified atom stereocenters. The standard InChI is InChI=1S/C18H13BrN4O2/c1-10-21-15-12-6-2-3-8-14(12)22-16(15)18(25)23(10)20-9-11-5-4-7-13(19)17(11)24/h2-9,22,24H,1H3. The van der Waals surface area contributed by atoms with E-state index in [1.165, 1.54) is 10.9 Å². The van der Waals surface area contributed by atoms with Crippen molar-refractivity contribution in [1.29, 1.82) is 0 Å². The van der Waals surface area contributed by atoms with Crippen molar-refractivity contribution in [2.45, 2.75) is 6.92 Å². The van der Waals surface area contributed by atoms with E-state index in [9.17, 15) is 9.90 Å². The third kappa shape index (κ3) is 2.53. The van der Waals surface area contributed by atoms with Crippen LogP contribution in [-0.4, -0.2) is 26.0 Å². The van der Waals surface area contributed by atoms with E-state index in [0.29, 0.717) is 26.9 Å². The van der Waals surface area contributed by atoms with E-state index in [-0.39, 0.29) is 11.3 Å². The number of nitrogens with one attached hydrogen (secondary N) is 1. The van der Waals surface area contributed by atoms with Crippen molar-refractivity contribution in [2.75, 3.05) is 0 Å². The number of aryl methyl sites for hydroxylation is 1. The molecule has 7 heteroatoms. The molecule has 2 N–H and O–H groups in total. The zero-order valence-electron chi connectivity index (χ0n) is 13.2. The highest BCUT2D eigenvalue weighted by atomic mass is 79.9. The van der Waals surface area contributed by atoms with Gasteiger partial charge in [-0.05, 0) is 41.1 Å². The van der Waals surface area contributed by atoms with Gasteiger partial charge in [0.05, 0.1) is 10.7 Å². The molecule has 0 saturated carbocycles. The van der Waals surface area contributed by atoms with Crippen molar-refractivity contribution in [2.24, 2.45) is 5.10 Å². The Morgan fingerprint density at radius 3 is 2.88 bits per heavy atom. The van der Waals surface area contributed by atoms with Gasteiger partial charge in [0.25, 0.3) is 5.56 Å². The van der Waals surface area contributed by atoms with E-state index in [1.54, 1.807) is 25.1 Å². The highest BCUT2D eigenvalue weighted by Crippen LogP contribution is 2.26. The zero-order valence-corrected chi connectivity index (χ0v) is 14.8. The maximum atomic E-state index is 12.8. The smallest absolute Gasteiger partial charge is 0.298 e. The predicted octanol–water partition coefficient (Wildman–Crippen LogP) is 3.54. The Morgan fingerprint density at radius 2 is 2.04 bits per heavy atom. The number of H-pyrrole nitrogens is 1. The highest BCUT2D eigenvalue weighted by molar-refractivity contribution is 9.10. The lowest BCUT2D eigenvalue weighted by atomic mass is 10.2. The second-order valence-electron chi connectivity index (χ2n) is 5.59. The predicted molar refractivity (Wildman–Crippen MR) is 101 cm³/mol. The minimum Gasteiger partial charge on any atom is -0.506 e. The number of phenolic OH excluding ortho intramolecular Hbond substituents is 1. The average molecular weight is 397 g/mol. The first-order valence-corrected chi connectivity index (χ1v) is 8.37. The van der Waals surface area contributed by atoms with Crippen LogP contribution in [-0.2, 0) is 0 Å². The summed E-state index contributed by atoms with van der Waals surface area (Å²) >= 11 is 3.26. The van der Waals surface area contributed by atoms with Gasteiger partial charge in [0.2, 0.25) is 0 Å². The number of rotatable bonds is 2. The maximum absolute atomic E-state index is 12.8. The van der Waals surface area contributed by atoms with Crippen LogP contribution < -0.4 is 5.56 Å². The molecule has 4 rings (SSSR count). The summed E-state index contributed by atoms with van der Waals surface area (Å²) in [4.78, 5) is 20.4. The van der Waals surface area contributed by atoms with E-state index in [4.69, 9.17) is 0 Å². The molecule has 0 aliphatic rings. The van der Waals surface area contributed by atoms with Gasteiger partial charge in [0.15, 0.2) is 0 Å². The van der Waals surface area contributed by atoms with Gasteiger partial charge < -0.3 is 10.1 Å². The lowest BCUT2D eigenvalue weighted by Crippen LogP contribution is -2.20. The van der Waals surface area contributed by atoms with Crippen molar-refractivity contribution < 1.29 is 5.11 Å². The van der Waals surface area contributed by atoms with E-state index >= 15 is 0 Å². The molecule has 0 aliphatic carbocycles. The Bertz CT molecular complexity index is 1210. The van der Waals surface area contributed by atoms with Crippen molar-refractivity contribution in [3.8, 4) is 5.75 Å². The number of aromatic nitrogens is 3. The molecule has 0 spiro atoms. The number of hydrogen-bond donors (Lipinski definition) is 2. The van der Waals surface area contributed by atoms with Crippen LogP contribution in [0.15, 0.2) is 56.8 Å². The Labute approximate surface area is 150 Å². The first kappa shape index (κ1) is 15.6. The lowest BCUT2D eigenvalue weighted by molar-refractivity contribution is 0.471. The van der Waals surface area contributed by atoms with E-state index in [0.717, 1.165) is 10.9 Å². The molecule has 0 saturated heterocycles. The normalized spacial score (nSPS) is 11.8. The van der Waals surface area contributed by atoms with Crippen molar-refractivity contribution in [1.82, 2.24) is 14.6 Å². The monoisotopic (exact) mass is 396 g/mol. The topological polar surface area (TPSA) is 83.3 Å². The summed E-state index contributed by atoms with van der Waals surface area (Å²) in [6, 6.07) is 12.8. The number of benzene rings is 2. The summed E-state index contributed by atoms with van der Waals surface area (Å²) in [7, 11) is 0. The Balaban J connectivity index is 1.90. The molecule has 6 nitrogen and oxygen atoms in total. The quantitative estimate of drug-likeness (QED) is 0.508. The maximum Gasteiger partial charge on any atom is 0.298 e. The van der Waals surface area contributed by atoms with Gasteiger partial charge in [-0.25, -0.2) is 4.98 Å². The zero-order chi connectivity index (χ0) is 17.6. The summed E-state index contributed by atoms with van der Waals surface area (Å²) < 4.78 is 1.78. The Kier molecular flexibility index (Phi) is 3.65. The molecular formula is C18H13BrN4O2. The molecule has 0 fully saturated rings. The second kappa shape index (κ2) is 5.86. The fraction of sp³-hybridized carbons (Fsp3) is 0.0556. The first-order chi connectivity index (χ1) is 12.1. The number of para-hydroxylation sites is 2. The Morgan fingerprint density at radius 1 is 1.24 bits per heavy atom. The minimum atomic E-state index is -0.288. The lowest BCUT2D eigenvalue weighted by Gasteiger charge is -2.04. The number of fused-ring (bicyclic) bond motifs is 3. The van der Waals surface area contributed by atoms with Gasteiger partial charge in [0.1, 0.15) is 22.6 Å². The minimum absolute atomic E-state index is 0.0663. The molecular weight excluding hydrogens is 384 g/mol. The summed E-state index contributed by atoms with van der Waals surface area (Å²) in [6.07, 6.45) is 1.44. The van der Waals surface area contributed by atoms with Crippen LogP contribution in [0.3, 0.4) is 0 Å². The van der Waals surface area contributed by atoms with Gasteiger partial charge >= 0.3 is 0 Å². The third-order valence-corrected chi connectivity index (χ3v) is 4.64. The van der Waals surface area contributed by atoms with Gasteiger partial charge in [-0.2, -0.15) is 9.78 Å². The van der Waals surface area contributed by atoms with Crippen LogP contribution in [0.1, 0.15) is 11.4 Å². The molecule has 0 atom stereocenters. The van der Waals surface area contributed by atoms with Crippen LogP contribution in [0.5, 0.6) is 5.75 Å². The number of phenols is 1. The summed E-state index contributed by atoms with van der Waals surface area (Å²) in [5.74, 6) is 0.532. The Hall–Kier alpha value is -2.93.